The van der Waals surface area contributed by atoms with Crippen LogP contribution < -0.4 is 11.1 Å². The minimum absolute atomic E-state index is 0.0880. The van der Waals surface area contributed by atoms with Gasteiger partial charge in [-0.25, -0.2) is 0 Å². The zero-order chi connectivity index (χ0) is 13.2. The summed E-state index contributed by atoms with van der Waals surface area (Å²) in [6, 6.07) is 3.85. The van der Waals surface area contributed by atoms with Crippen LogP contribution in [-0.4, -0.2) is 16.1 Å². The second kappa shape index (κ2) is 5.13. The maximum absolute atomic E-state index is 11.7. The molecule has 2 rings (SSSR count). The Balaban J connectivity index is 1.97. The molecule has 5 nitrogen and oxygen atoms in total. The van der Waals surface area contributed by atoms with Gasteiger partial charge < -0.3 is 11.1 Å². The molecule has 2 aromatic rings. The van der Waals surface area contributed by atoms with Gasteiger partial charge in [-0.1, -0.05) is 17.4 Å². The van der Waals surface area contributed by atoms with E-state index >= 15 is 0 Å². The Kier molecular flexibility index (Phi) is 3.74. The third-order valence-corrected chi connectivity index (χ3v) is 4.19. The SMILES string of the molecule is CC(C)(N)c1nnc(NC(=O)Cc2cccs2)s1. The standard InChI is InChI=1S/C11H14N4OS2/c1-11(2,12)9-14-15-10(18-9)13-8(16)6-7-4-3-5-17-7/h3-5H,6,12H2,1-2H3,(H,13,15,16). The first-order chi connectivity index (χ1) is 8.45. The summed E-state index contributed by atoms with van der Waals surface area (Å²) in [7, 11) is 0. The predicted molar refractivity (Wildman–Crippen MR) is 73.8 cm³/mol. The van der Waals surface area contributed by atoms with Crippen molar-refractivity contribution in [3.8, 4) is 0 Å². The number of nitrogens with one attached hydrogen (secondary N) is 1. The average molecular weight is 282 g/mol. The van der Waals surface area contributed by atoms with Crippen molar-refractivity contribution < 1.29 is 4.79 Å². The van der Waals surface area contributed by atoms with Crippen molar-refractivity contribution in [1.82, 2.24) is 10.2 Å². The molecular weight excluding hydrogens is 268 g/mol. The quantitative estimate of drug-likeness (QED) is 0.898. The van der Waals surface area contributed by atoms with Crippen LogP contribution in [0.25, 0.3) is 0 Å². The summed E-state index contributed by atoms with van der Waals surface area (Å²) >= 11 is 2.86. The summed E-state index contributed by atoms with van der Waals surface area (Å²) in [6.07, 6.45) is 0.360. The minimum Gasteiger partial charge on any atom is -0.320 e. The number of thiophene rings is 1. The Labute approximate surface area is 113 Å². The second-order valence-electron chi connectivity index (χ2n) is 4.44. The van der Waals surface area contributed by atoms with Gasteiger partial charge in [0.05, 0.1) is 12.0 Å². The van der Waals surface area contributed by atoms with E-state index in [1.807, 2.05) is 31.4 Å². The largest absolute Gasteiger partial charge is 0.320 e. The Morgan fingerprint density at radius 1 is 1.50 bits per heavy atom. The lowest BCUT2D eigenvalue weighted by Gasteiger charge is -2.12. The second-order valence-corrected chi connectivity index (χ2v) is 6.45. The normalized spacial score (nSPS) is 11.5. The van der Waals surface area contributed by atoms with E-state index in [9.17, 15) is 4.79 Å². The molecule has 1 amide bonds. The molecule has 2 heterocycles. The van der Waals surface area contributed by atoms with Crippen molar-refractivity contribution in [3.05, 3.63) is 27.4 Å². The lowest BCUT2D eigenvalue weighted by molar-refractivity contribution is -0.115. The monoisotopic (exact) mass is 282 g/mol. The highest BCUT2D eigenvalue weighted by molar-refractivity contribution is 7.15. The molecule has 0 aliphatic rings. The number of rotatable bonds is 4. The Morgan fingerprint density at radius 2 is 2.28 bits per heavy atom. The molecule has 0 fully saturated rings. The minimum atomic E-state index is -0.533. The zero-order valence-corrected chi connectivity index (χ0v) is 11.8. The van der Waals surface area contributed by atoms with Gasteiger partial charge >= 0.3 is 0 Å². The first-order valence-corrected chi connectivity index (χ1v) is 7.10. The van der Waals surface area contributed by atoms with Crippen LogP contribution in [0.5, 0.6) is 0 Å². The molecule has 0 aliphatic carbocycles. The molecule has 96 valence electrons. The summed E-state index contributed by atoms with van der Waals surface area (Å²) in [5.74, 6) is -0.0880. The Morgan fingerprint density at radius 3 is 2.83 bits per heavy atom. The molecule has 0 aromatic carbocycles. The van der Waals surface area contributed by atoms with Crippen LogP contribution >= 0.6 is 22.7 Å². The maximum Gasteiger partial charge on any atom is 0.231 e. The first-order valence-electron chi connectivity index (χ1n) is 5.40. The molecule has 2 aromatic heterocycles. The van der Waals surface area contributed by atoms with E-state index in [0.717, 1.165) is 4.88 Å². The van der Waals surface area contributed by atoms with Crippen LogP contribution in [0.3, 0.4) is 0 Å². The van der Waals surface area contributed by atoms with E-state index < -0.39 is 5.54 Å². The van der Waals surface area contributed by atoms with E-state index in [1.54, 1.807) is 11.3 Å². The van der Waals surface area contributed by atoms with E-state index in [2.05, 4.69) is 15.5 Å². The summed E-state index contributed by atoms with van der Waals surface area (Å²) < 4.78 is 0. The molecule has 0 radical (unpaired) electrons. The van der Waals surface area contributed by atoms with Crippen LogP contribution in [0.15, 0.2) is 17.5 Å². The van der Waals surface area contributed by atoms with E-state index in [-0.39, 0.29) is 5.91 Å². The van der Waals surface area contributed by atoms with Crippen molar-refractivity contribution in [2.75, 3.05) is 5.32 Å². The van der Waals surface area contributed by atoms with Crippen LogP contribution in [0.4, 0.5) is 5.13 Å². The van der Waals surface area contributed by atoms with Gasteiger partial charge in [0, 0.05) is 4.88 Å². The summed E-state index contributed by atoms with van der Waals surface area (Å²) in [5.41, 5.74) is 5.37. The molecular formula is C11H14N4OS2. The van der Waals surface area contributed by atoms with Gasteiger partial charge in [0.25, 0.3) is 0 Å². The number of anilines is 1. The maximum atomic E-state index is 11.7. The number of carbonyl (C=O) groups is 1. The fourth-order valence-corrected chi connectivity index (χ4v) is 2.75. The van der Waals surface area contributed by atoms with Crippen molar-refractivity contribution in [3.63, 3.8) is 0 Å². The fraction of sp³-hybridized carbons (Fsp3) is 0.364. The van der Waals surface area contributed by atoms with Crippen LogP contribution in [-0.2, 0) is 16.8 Å². The molecule has 18 heavy (non-hydrogen) atoms. The van der Waals surface area contributed by atoms with Gasteiger partial charge in [-0.15, -0.1) is 21.5 Å². The number of nitrogens with zero attached hydrogens (tertiary/aromatic N) is 2. The fourth-order valence-electron chi connectivity index (χ4n) is 1.27. The van der Waals surface area contributed by atoms with Gasteiger partial charge in [0.1, 0.15) is 5.01 Å². The highest BCUT2D eigenvalue weighted by Gasteiger charge is 2.20. The number of nitrogens with two attached hydrogens (primary N) is 1. The van der Waals surface area contributed by atoms with Crippen LogP contribution in [0, 0.1) is 0 Å². The van der Waals surface area contributed by atoms with E-state index in [1.165, 1.54) is 11.3 Å². The topological polar surface area (TPSA) is 80.9 Å². The lowest BCUT2D eigenvalue weighted by Crippen LogP contribution is -2.28. The van der Waals surface area contributed by atoms with Crippen molar-refractivity contribution in [2.45, 2.75) is 25.8 Å². The molecule has 0 saturated carbocycles. The highest BCUT2D eigenvalue weighted by Crippen LogP contribution is 2.24. The van der Waals surface area contributed by atoms with Gasteiger partial charge in [0.2, 0.25) is 11.0 Å². The lowest BCUT2D eigenvalue weighted by atomic mass is 10.1. The molecule has 0 spiro atoms. The van der Waals surface area contributed by atoms with Crippen LogP contribution in [0.2, 0.25) is 0 Å². The Bertz CT molecular complexity index is 527. The summed E-state index contributed by atoms with van der Waals surface area (Å²) in [4.78, 5) is 12.8. The molecule has 0 saturated heterocycles. The number of hydrogen-bond donors (Lipinski definition) is 2. The van der Waals surface area contributed by atoms with Gasteiger partial charge in [-0.05, 0) is 25.3 Å². The van der Waals surface area contributed by atoms with Crippen molar-refractivity contribution >= 4 is 33.7 Å². The number of carbonyl (C=O) groups excluding carboxylic acids is 1. The molecule has 3 N–H and O–H groups in total. The van der Waals surface area contributed by atoms with Crippen LogP contribution in [0.1, 0.15) is 23.7 Å². The van der Waals surface area contributed by atoms with Crippen molar-refractivity contribution in [2.24, 2.45) is 5.73 Å². The smallest absolute Gasteiger partial charge is 0.231 e. The highest BCUT2D eigenvalue weighted by atomic mass is 32.1. The molecule has 0 aliphatic heterocycles. The molecule has 0 atom stereocenters. The predicted octanol–water partition coefficient (Wildman–Crippen LogP) is 1.97. The summed E-state index contributed by atoms with van der Waals surface area (Å²) in [6.45, 7) is 3.70. The number of amides is 1. The first kappa shape index (κ1) is 13.1. The van der Waals surface area contributed by atoms with Crippen molar-refractivity contribution in [1.29, 1.82) is 0 Å². The molecule has 7 heteroatoms. The van der Waals surface area contributed by atoms with E-state index in [0.29, 0.717) is 16.6 Å². The third-order valence-electron chi connectivity index (χ3n) is 2.14. The molecule has 0 unspecified atom stereocenters. The zero-order valence-electron chi connectivity index (χ0n) is 10.1. The average Bonchev–Trinajstić information content (AvgIpc) is 2.87. The number of aromatic nitrogens is 2. The van der Waals surface area contributed by atoms with Gasteiger partial charge in [-0.2, -0.15) is 0 Å². The third kappa shape index (κ3) is 3.34. The molecule has 0 bridgehead atoms. The summed E-state index contributed by atoms with van der Waals surface area (Å²) in [5, 5.41) is 13.8. The Hall–Kier alpha value is -1.31. The van der Waals surface area contributed by atoms with Gasteiger partial charge in [0.15, 0.2) is 0 Å². The van der Waals surface area contributed by atoms with Gasteiger partial charge in [-0.3, -0.25) is 4.79 Å². The van der Waals surface area contributed by atoms with E-state index in [4.69, 9.17) is 5.73 Å². The number of hydrogen-bond acceptors (Lipinski definition) is 6.